The molecule has 188 valence electrons. The van der Waals surface area contributed by atoms with Gasteiger partial charge in [-0.15, -0.1) is 0 Å². The quantitative estimate of drug-likeness (QED) is 0.319. The zero-order valence-electron chi connectivity index (χ0n) is 20.4. The van der Waals surface area contributed by atoms with Crippen molar-refractivity contribution in [3.63, 3.8) is 0 Å². The van der Waals surface area contributed by atoms with Crippen LogP contribution in [0.3, 0.4) is 0 Å². The molecule has 0 unspecified atom stereocenters. The number of nitrogen functional groups attached to an aromatic ring is 1. The molecular formula is C26H33ClN4O4. The highest BCUT2D eigenvalue weighted by Crippen LogP contribution is 2.38. The summed E-state index contributed by atoms with van der Waals surface area (Å²) in [5, 5.41) is 1.49. The van der Waals surface area contributed by atoms with Gasteiger partial charge in [0.2, 0.25) is 5.88 Å². The van der Waals surface area contributed by atoms with Gasteiger partial charge in [-0.1, -0.05) is 18.2 Å². The lowest BCUT2D eigenvalue weighted by Gasteiger charge is -2.47. The molecule has 3 heterocycles. The van der Waals surface area contributed by atoms with Gasteiger partial charge in [-0.25, -0.2) is 9.97 Å². The van der Waals surface area contributed by atoms with E-state index in [0.717, 1.165) is 39.3 Å². The first kappa shape index (κ1) is 25.3. The predicted octanol–water partition coefficient (Wildman–Crippen LogP) is 3.09. The van der Waals surface area contributed by atoms with Gasteiger partial charge in [0.25, 0.3) is 0 Å². The van der Waals surface area contributed by atoms with Crippen LogP contribution in [0.2, 0.25) is 5.02 Å². The topological polar surface area (TPSA) is 92.0 Å². The average molecular weight is 501 g/mol. The number of anilines is 1. The van der Waals surface area contributed by atoms with Gasteiger partial charge in [0.15, 0.2) is 5.76 Å². The van der Waals surface area contributed by atoms with Crippen molar-refractivity contribution in [2.24, 2.45) is 5.41 Å². The van der Waals surface area contributed by atoms with Gasteiger partial charge in [-0.2, -0.15) is 0 Å². The first-order valence-corrected chi connectivity index (χ1v) is 12.2. The van der Waals surface area contributed by atoms with E-state index in [2.05, 4.69) is 21.4 Å². The summed E-state index contributed by atoms with van der Waals surface area (Å²) in [4.78, 5) is 11.0. The fourth-order valence-corrected chi connectivity index (χ4v) is 4.44. The molecule has 2 aliphatic rings. The van der Waals surface area contributed by atoms with Gasteiger partial charge in [0, 0.05) is 18.0 Å². The Bertz CT molecular complexity index is 1170. The lowest BCUT2D eigenvalue weighted by Crippen LogP contribution is -2.51. The SMILES string of the molecule is C=c1ncnc(Oc2ccc(N)c(Cl)c2)c1=CC(OC)=C(C)OCCCN1CCC2(CC1)COC2. The second-order valence-corrected chi connectivity index (χ2v) is 9.54. The lowest BCUT2D eigenvalue weighted by atomic mass is 9.77. The van der Waals surface area contributed by atoms with E-state index >= 15 is 0 Å². The maximum Gasteiger partial charge on any atom is 0.230 e. The summed E-state index contributed by atoms with van der Waals surface area (Å²) < 4.78 is 23.0. The highest BCUT2D eigenvalue weighted by molar-refractivity contribution is 6.33. The number of methoxy groups -OCH3 is 1. The number of allylic oxidation sites excluding steroid dienone is 2. The lowest BCUT2D eigenvalue weighted by molar-refractivity contribution is -0.139. The van der Waals surface area contributed by atoms with Crippen molar-refractivity contribution >= 4 is 29.9 Å². The molecule has 2 aromatic rings. The molecule has 2 aliphatic heterocycles. The van der Waals surface area contributed by atoms with Crippen LogP contribution in [0, 0.1) is 5.41 Å². The van der Waals surface area contributed by atoms with Crippen LogP contribution >= 0.6 is 11.6 Å². The summed E-state index contributed by atoms with van der Waals surface area (Å²) in [6.07, 6.45) is 6.58. The van der Waals surface area contributed by atoms with Gasteiger partial charge in [-0.3, -0.25) is 0 Å². The van der Waals surface area contributed by atoms with Crippen LogP contribution in [0.4, 0.5) is 5.69 Å². The number of nitrogens with zero attached hydrogens (tertiary/aromatic N) is 3. The van der Waals surface area contributed by atoms with Crippen LogP contribution in [0.5, 0.6) is 11.6 Å². The Kier molecular flexibility index (Phi) is 8.15. The highest BCUT2D eigenvalue weighted by Gasteiger charge is 2.40. The van der Waals surface area contributed by atoms with Gasteiger partial charge in [0.05, 0.1) is 48.2 Å². The van der Waals surface area contributed by atoms with Crippen molar-refractivity contribution < 1.29 is 18.9 Å². The highest BCUT2D eigenvalue weighted by atomic mass is 35.5. The Balaban J connectivity index is 1.39. The van der Waals surface area contributed by atoms with E-state index < -0.39 is 0 Å². The number of aromatic nitrogens is 2. The van der Waals surface area contributed by atoms with Crippen LogP contribution < -0.4 is 21.0 Å². The fourth-order valence-electron chi connectivity index (χ4n) is 4.27. The molecular weight excluding hydrogens is 468 g/mol. The maximum absolute atomic E-state index is 6.12. The molecule has 1 spiro atoms. The third-order valence-corrected chi connectivity index (χ3v) is 6.96. The van der Waals surface area contributed by atoms with Crippen molar-refractivity contribution in [1.29, 1.82) is 0 Å². The molecule has 0 radical (unpaired) electrons. The Labute approximate surface area is 211 Å². The number of rotatable bonds is 9. The Hall–Kier alpha value is -2.81. The van der Waals surface area contributed by atoms with Crippen molar-refractivity contribution in [2.45, 2.75) is 26.2 Å². The third-order valence-electron chi connectivity index (χ3n) is 6.63. The Morgan fingerprint density at radius 2 is 2.06 bits per heavy atom. The zero-order valence-corrected chi connectivity index (χ0v) is 21.1. The number of halogens is 1. The van der Waals surface area contributed by atoms with Crippen molar-refractivity contribution in [3.05, 3.63) is 51.6 Å². The standard InChI is InChI=1S/C26H33ClN4O4/c1-18-21(25(30-17-29-18)35-20-5-6-23(28)22(27)13-20)14-24(32-3)19(2)34-12-4-9-31-10-7-26(8-11-31)15-33-16-26/h5-6,13-14,17H,1,4,7-12,15-16,28H2,2-3H3. The van der Waals surface area contributed by atoms with Crippen LogP contribution in [-0.2, 0) is 14.2 Å². The number of hydrogen-bond donors (Lipinski definition) is 1. The second kappa shape index (κ2) is 11.3. The molecule has 1 aromatic carbocycles. The largest absolute Gasteiger partial charge is 0.494 e. The first-order chi connectivity index (χ1) is 16.9. The van der Waals surface area contributed by atoms with Crippen LogP contribution in [0.1, 0.15) is 26.2 Å². The van der Waals surface area contributed by atoms with E-state index in [9.17, 15) is 0 Å². The third kappa shape index (κ3) is 6.25. The van der Waals surface area contributed by atoms with Gasteiger partial charge < -0.3 is 29.6 Å². The number of ether oxygens (including phenoxy) is 4. The van der Waals surface area contributed by atoms with Gasteiger partial charge >= 0.3 is 0 Å². The summed E-state index contributed by atoms with van der Waals surface area (Å²) >= 11 is 6.12. The van der Waals surface area contributed by atoms with E-state index in [0.29, 0.717) is 56.4 Å². The summed E-state index contributed by atoms with van der Waals surface area (Å²) in [7, 11) is 1.60. The van der Waals surface area contributed by atoms with E-state index in [4.69, 9.17) is 36.3 Å². The van der Waals surface area contributed by atoms with Crippen molar-refractivity contribution in [2.75, 3.05) is 52.3 Å². The number of piperidine rings is 1. The molecule has 0 atom stereocenters. The van der Waals surface area contributed by atoms with Gasteiger partial charge in [-0.05, 0) is 57.5 Å². The second-order valence-electron chi connectivity index (χ2n) is 9.13. The zero-order chi connectivity index (χ0) is 24.8. The minimum absolute atomic E-state index is 0.327. The minimum atomic E-state index is 0.327. The van der Waals surface area contributed by atoms with E-state index in [1.54, 1.807) is 31.4 Å². The molecule has 35 heavy (non-hydrogen) atoms. The maximum atomic E-state index is 6.12. The molecule has 9 heteroatoms. The average Bonchev–Trinajstić information content (AvgIpc) is 2.83. The molecule has 2 fully saturated rings. The summed E-state index contributed by atoms with van der Waals surface area (Å²) in [6, 6.07) is 5.03. The normalized spacial score (nSPS) is 18.7. The first-order valence-electron chi connectivity index (χ1n) is 11.8. The molecule has 2 N–H and O–H groups in total. The van der Waals surface area contributed by atoms with Gasteiger partial charge in [0.1, 0.15) is 17.8 Å². The monoisotopic (exact) mass is 500 g/mol. The van der Waals surface area contributed by atoms with E-state index in [1.807, 2.05) is 6.92 Å². The number of benzene rings is 1. The van der Waals surface area contributed by atoms with Crippen LogP contribution in [-0.4, -0.2) is 61.4 Å². The summed E-state index contributed by atoms with van der Waals surface area (Å²) in [5.74, 6) is 2.05. The molecule has 0 aliphatic carbocycles. The Morgan fingerprint density at radius 3 is 2.71 bits per heavy atom. The molecule has 4 rings (SSSR count). The summed E-state index contributed by atoms with van der Waals surface area (Å²) in [6.45, 7) is 11.7. The van der Waals surface area contributed by atoms with E-state index in [1.165, 1.54) is 19.2 Å². The number of nitrogens with two attached hydrogens (primary N) is 1. The van der Waals surface area contributed by atoms with Crippen LogP contribution in [0.15, 0.2) is 36.0 Å². The summed E-state index contributed by atoms with van der Waals surface area (Å²) in [5.41, 5.74) is 6.73. The molecule has 2 saturated heterocycles. The molecule has 0 saturated carbocycles. The van der Waals surface area contributed by atoms with E-state index in [-0.39, 0.29) is 0 Å². The fraction of sp³-hybridized carbons (Fsp3) is 0.462. The molecule has 0 bridgehead atoms. The van der Waals surface area contributed by atoms with Crippen LogP contribution in [0.25, 0.3) is 12.7 Å². The minimum Gasteiger partial charge on any atom is -0.494 e. The molecule has 0 amide bonds. The van der Waals surface area contributed by atoms with Crippen molar-refractivity contribution in [1.82, 2.24) is 14.9 Å². The Morgan fingerprint density at radius 1 is 1.29 bits per heavy atom. The predicted molar refractivity (Wildman–Crippen MR) is 136 cm³/mol. The smallest absolute Gasteiger partial charge is 0.230 e. The molecule has 8 nitrogen and oxygen atoms in total. The molecule has 1 aromatic heterocycles. The van der Waals surface area contributed by atoms with Crippen molar-refractivity contribution in [3.8, 4) is 11.6 Å². The number of likely N-dealkylation sites (tertiary alicyclic amines) is 1. The number of hydrogen-bond acceptors (Lipinski definition) is 8.